The molecule has 4 nitrogen and oxygen atoms in total. The van der Waals surface area contributed by atoms with Gasteiger partial charge in [0.25, 0.3) is 0 Å². The number of fused-ring (bicyclic) bond motifs is 1. The molecule has 2 aliphatic heterocycles. The van der Waals surface area contributed by atoms with Crippen LogP contribution in [0, 0.1) is 0 Å². The molecule has 2 rings (SSSR count). The number of alkyl halides is 3. The second kappa shape index (κ2) is 5.18. The molecule has 2 saturated heterocycles. The summed E-state index contributed by atoms with van der Waals surface area (Å²) in [7, 11) is -3.69. The van der Waals surface area contributed by atoms with Crippen LogP contribution in [-0.4, -0.2) is 54.4 Å². The molecule has 0 saturated carbocycles. The van der Waals surface area contributed by atoms with Crippen molar-refractivity contribution >= 4 is 22.7 Å². The fraction of sp³-hybridized carbons (Fsp3) is 1.00. The van der Waals surface area contributed by atoms with Crippen LogP contribution in [-0.2, 0) is 10.1 Å². The van der Waals surface area contributed by atoms with Crippen LogP contribution in [0.15, 0.2) is 0 Å². The minimum absolute atomic E-state index is 0.701. The van der Waals surface area contributed by atoms with Crippen LogP contribution >= 0.6 is 12.6 Å². The van der Waals surface area contributed by atoms with Gasteiger partial charge in [0, 0.05) is 19.3 Å². The van der Waals surface area contributed by atoms with Crippen molar-refractivity contribution in [3.63, 3.8) is 0 Å². The van der Waals surface area contributed by atoms with E-state index in [0.717, 1.165) is 6.04 Å². The molecule has 3 unspecified atom stereocenters. The summed E-state index contributed by atoms with van der Waals surface area (Å²) in [5.41, 5.74) is -5.65. The summed E-state index contributed by atoms with van der Waals surface area (Å²) in [6.45, 7) is 2.78. The third-order valence-corrected chi connectivity index (χ3v) is 4.80. The summed E-state index contributed by atoms with van der Waals surface area (Å²) < 4.78 is 60.2. The Hall–Kier alpha value is 0.01000. The minimum Gasteiger partial charge on any atom is -0.741 e. The van der Waals surface area contributed by atoms with Gasteiger partial charge in [-0.25, -0.2) is 8.42 Å². The van der Waals surface area contributed by atoms with Crippen LogP contribution in [0.5, 0.6) is 0 Å². The van der Waals surface area contributed by atoms with Crippen LogP contribution < -0.4 is 0 Å². The third kappa shape index (κ3) is 3.52. The maximum absolute atomic E-state index is 10.7. The summed E-state index contributed by atoms with van der Waals surface area (Å²) in [5, 5.41) is 0.701. The predicted octanol–water partition coefficient (Wildman–Crippen LogP) is 1.35. The van der Waals surface area contributed by atoms with E-state index in [1.165, 1.54) is 36.8 Å². The first-order valence-corrected chi connectivity index (χ1v) is 7.44. The normalized spacial score (nSPS) is 35.9. The van der Waals surface area contributed by atoms with Crippen molar-refractivity contribution in [1.29, 1.82) is 0 Å². The molecule has 18 heavy (non-hydrogen) atoms. The van der Waals surface area contributed by atoms with E-state index in [4.69, 9.17) is 13.0 Å². The minimum atomic E-state index is -6.09. The molecule has 0 spiro atoms. The molecule has 0 aliphatic carbocycles. The van der Waals surface area contributed by atoms with E-state index in [1.54, 1.807) is 0 Å². The lowest BCUT2D eigenvalue weighted by Gasteiger charge is -2.30. The Morgan fingerprint density at radius 1 is 1.28 bits per heavy atom. The van der Waals surface area contributed by atoms with E-state index in [1.807, 2.05) is 0 Å². The molecule has 3 atom stereocenters. The smallest absolute Gasteiger partial charge is 0.485 e. The summed E-state index contributed by atoms with van der Waals surface area (Å²) in [6.07, 6.45) is 4.19. The Labute approximate surface area is 110 Å². The van der Waals surface area contributed by atoms with E-state index in [2.05, 4.69) is 19.7 Å². The zero-order valence-corrected chi connectivity index (χ0v) is 11.6. The highest BCUT2D eigenvalue weighted by atomic mass is 32.2. The Morgan fingerprint density at radius 3 is 2.17 bits per heavy atom. The van der Waals surface area contributed by atoms with E-state index >= 15 is 0 Å². The van der Waals surface area contributed by atoms with E-state index in [-0.39, 0.29) is 0 Å². The molecule has 2 fully saturated rings. The van der Waals surface area contributed by atoms with Gasteiger partial charge < -0.3 is 9.04 Å². The number of hydrogen-bond donors (Lipinski definition) is 1. The SMILES string of the molecule is C[N+]12CCCC1C(S)CC2.O=S(=O)([O-])C(F)(F)F. The van der Waals surface area contributed by atoms with Gasteiger partial charge in [0.1, 0.15) is 6.04 Å². The van der Waals surface area contributed by atoms with Crippen molar-refractivity contribution < 1.29 is 30.6 Å². The number of rotatable bonds is 0. The number of thiol groups is 1. The predicted molar refractivity (Wildman–Crippen MR) is 62.1 cm³/mol. The maximum Gasteiger partial charge on any atom is 0.485 e. The molecule has 108 valence electrons. The quantitative estimate of drug-likeness (QED) is 0.318. The molecular formula is C9H16F3NO3S2. The monoisotopic (exact) mass is 307 g/mol. The Morgan fingerprint density at radius 2 is 1.78 bits per heavy atom. The van der Waals surface area contributed by atoms with Crippen molar-refractivity contribution in [3.8, 4) is 0 Å². The lowest BCUT2D eigenvalue weighted by Crippen LogP contribution is -2.44. The molecule has 0 aromatic rings. The van der Waals surface area contributed by atoms with Gasteiger partial charge in [-0.1, -0.05) is 0 Å². The van der Waals surface area contributed by atoms with E-state index < -0.39 is 15.6 Å². The highest BCUT2D eigenvalue weighted by Crippen LogP contribution is 2.36. The van der Waals surface area contributed by atoms with Gasteiger partial charge in [0.15, 0.2) is 10.1 Å². The summed E-state index contributed by atoms with van der Waals surface area (Å²) >= 11 is 4.61. The zero-order chi connectivity index (χ0) is 14.2. The average Bonchev–Trinajstić information content (AvgIpc) is 2.65. The van der Waals surface area contributed by atoms with Crippen molar-refractivity contribution in [2.75, 3.05) is 20.1 Å². The highest BCUT2D eigenvalue weighted by Gasteiger charge is 2.46. The molecule has 0 aromatic carbocycles. The van der Waals surface area contributed by atoms with Gasteiger partial charge in [0.05, 0.1) is 25.4 Å². The number of quaternary nitrogens is 1. The second-order valence-electron chi connectivity index (χ2n) is 4.89. The Kier molecular flexibility index (Phi) is 4.62. The Bertz CT molecular complexity index is 398. The first-order chi connectivity index (χ1) is 7.97. The molecule has 9 heteroatoms. The first-order valence-electron chi connectivity index (χ1n) is 5.52. The second-order valence-corrected chi connectivity index (χ2v) is 6.93. The van der Waals surface area contributed by atoms with E-state index in [0.29, 0.717) is 5.25 Å². The molecular weight excluding hydrogens is 291 g/mol. The molecule has 0 amide bonds. The number of nitrogens with zero attached hydrogens (tertiary/aromatic N) is 1. The van der Waals surface area contributed by atoms with Crippen LogP contribution in [0.4, 0.5) is 13.2 Å². The van der Waals surface area contributed by atoms with Gasteiger partial charge >= 0.3 is 5.51 Å². The first kappa shape index (κ1) is 16.1. The van der Waals surface area contributed by atoms with Crippen molar-refractivity contribution in [2.45, 2.75) is 36.1 Å². The van der Waals surface area contributed by atoms with Crippen LogP contribution in [0.25, 0.3) is 0 Å². The lowest BCUT2D eigenvalue weighted by molar-refractivity contribution is -0.908. The van der Waals surface area contributed by atoms with Crippen LogP contribution in [0.1, 0.15) is 19.3 Å². The molecule has 2 aliphatic rings. The molecule has 0 radical (unpaired) electrons. The average molecular weight is 307 g/mol. The summed E-state index contributed by atoms with van der Waals surface area (Å²) in [5.74, 6) is 0. The molecule has 0 N–H and O–H groups in total. The fourth-order valence-corrected chi connectivity index (χ4v) is 3.23. The topological polar surface area (TPSA) is 57.2 Å². The van der Waals surface area contributed by atoms with E-state index in [9.17, 15) is 13.2 Å². The maximum atomic E-state index is 10.7. The van der Waals surface area contributed by atoms with Crippen molar-refractivity contribution in [2.24, 2.45) is 0 Å². The lowest BCUT2D eigenvalue weighted by atomic mass is 10.1. The third-order valence-electron chi connectivity index (χ3n) is 3.63. The van der Waals surface area contributed by atoms with Gasteiger partial charge in [-0.15, -0.1) is 0 Å². The summed E-state index contributed by atoms with van der Waals surface area (Å²) in [4.78, 5) is 0. The Balaban J connectivity index is 0.000000187. The van der Waals surface area contributed by atoms with Gasteiger partial charge in [-0.2, -0.15) is 25.8 Å². The standard InChI is InChI=1S/C8H15NS.CHF3O3S/c1-9-5-2-3-7(9)8(10)4-6-9;2-1(3,4)8(5,6)7/h7-8H,2-6H2,1H3;(H,5,6,7). The largest absolute Gasteiger partial charge is 0.741 e. The highest BCUT2D eigenvalue weighted by molar-refractivity contribution is 7.86. The zero-order valence-electron chi connectivity index (χ0n) is 9.85. The molecule has 2 heterocycles. The fourth-order valence-electron chi connectivity index (χ4n) is 2.64. The number of hydrogen-bond acceptors (Lipinski definition) is 4. The van der Waals surface area contributed by atoms with Crippen molar-refractivity contribution in [3.05, 3.63) is 0 Å². The van der Waals surface area contributed by atoms with Gasteiger partial charge in [-0.05, 0) is 0 Å². The van der Waals surface area contributed by atoms with Crippen LogP contribution in [0.2, 0.25) is 0 Å². The van der Waals surface area contributed by atoms with Gasteiger partial charge in [-0.3, -0.25) is 0 Å². The number of halogens is 3. The van der Waals surface area contributed by atoms with Gasteiger partial charge in [0.2, 0.25) is 0 Å². The molecule has 0 bridgehead atoms. The van der Waals surface area contributed by atoms with Crippen molar-refractivity contribution in [1.82, 2.24) is 0 Å². The summed E-state index contributed by atoms with van der Waals surface area (Å²) in [6, 6.07) is 0.892. The van der Waals surface area contributed by atoms with Crippen LogP contribution in [0.3, 0.4) is 0 Å². The molecule has 0 aromatic heterocycles.